The van der Waals surface area contributed by atoms with Crippen molar-refractivity contribution in [3.8, 4) is 0 Å². The molecule has 0 aliphatic carbocycles. The summed E-state index contributed by atoms with van der Waals surface area (Å²) < 4.78 is 0. The van der Waals surface area contributed by atoms with Gasteiger partial charge in [0.2, 0.25) is 0 Å². The molecule has 0 atom stereocenters. The zero-order valence-corrected chi connectivity index (χ0v) is 11.9. The number of aryl methyl sites for hydroxylation is 3. The molecule has 4 radical (unpaired) electrons. The first-order valence-electron chi connectivity index (χ1n) is 5.77. The molecule has 2 aromatic carbocycles. The minimum atomic E-state index is 0. The first-order chi connectivity index (χ1) is 8.09. The predicted octanol–water partition coefficient (Wildman–Crippen LogP) is 3.46. The van der Waals surface area contributed by atoms with Gasteiger partial charge in [0.25, 0.3) is 0 Å². The van der Waals surface area contributed by atoms with Crippen LogP contribution in [0, 0.1) is 20.8 Å². The molecular formula is C16H16OSi. The van der Waals surface area contributed by atoms with Gasteiger partial charge in [-0.1, -0.05) is 48.0 Å². The topological polar surface area (TPSA) is 17.1 Å². The second-order valence-electron chi connectivity index (χ2n) is 4.47. The van der Waals surface area contributed by atoms with Crippen molar-refractivity contribution in [2.75, 3.05) is 0 Å². The van der Waals surface area contributed by atoms with Crippen molar-refractivity contribution < 1.29 is 4.79 Å². The minimum Gasteiger partial charge on any atom is -0.289 e. The summed E-state index contributed by atoms with van der Waals surface area (Å²) in [5.74, 6) is 0.112. The third-order valence-electron chi connectivity index (χ3n) is 2.94. The molecule has 0 aliphatic rings. The molecule has 18 heavy (non-hydrogen) atoms. The minimum absolute atomic E-state index is 0. The number of benzene rings is 2. The normalized spacial score (nSPS) is 9.72. The monoisotopic (exact) mass is 252 g/mol. The van der Waals surface area contributed by atoms with E-state index in [1.165, 1.54) is 5.56 Å². The van der Waals surface area contributed by atoms with Crippen molar-refractivity contribution in [1.29, 1.82) is 0 Å². The molecule has 0 bridgehead atoms. The van der Waals surface area contributed by atoms with E-state index in [4.69, 9.17) is 0 Å². The molecular weight excluding hydrogens is 236 g/mol. The summed E-state index contributed by atoms with van der Waals surface area (Å²) in [6.07, 6.45) is 0. The molecule has 0 amide bonds. The van der Waals surface area contributed by atoms with Gasteiger partial charge in [-0.2, -0.15) is 0 Å². The average molecular weight is 252 g/mol. The van der Waals surface area contributed by atoms with E-state index in [2.05, 4.69) is 19.1 Å². The van der Waals surface area contributed by atoms with E-state index < -0.39 is 0 Å². The number of rotatable bonds is 2. The highest BCUT2D eigenvalue weighted by molar-refractivity contribution is 6.10. The van der Waals surface area contributed by atoms with Crippen molar-refractivity contribution in [1.82, 2.24) is 0 Å². The first-order valence-corrected chi connectivity index (χ1v) is 5.77. The number of carbonyl (C=O) groups is 1. The Morgan fingerprint density at radius 1 is 0.889 bits per heavy atom. The zero-order valence-electron chi connectivity index (χ0n) is 10.9. The largest absolute Gasteiger partial charge is 0.289 e. The van der Waals surface area contributed by atoms with Gasteiger partial charge >= 0.3 is 0 Å². The van der Waals surface area contributed by atoms with Gasteiger partial charge in [0, 0.05) is 22.1 Å². The summed E-state index contributed by atoms with van der Waals surface area (Å²) >= 11 is 0. The van der Waals surface area contributed by atoms with Crippen LogP contribution in [0.2, 0.25) is 0 Å². The first kappa shape index (κ1) is 14.4. The van der Waals surface area contributed by atoms with E-state index >= 15 is 0 Å². The molecule has 0 saturated carbocycles. The van der Waals surface area contributed by atoms with E-state index in [-0.39, 0.29) is 16.7 Å². The zero-order chi connectivity index (χ0) is 12.4. The van der Waals surface area contributed by atoms with Crippen LogP contribution in [-0.4, -0.2) is 16.7 Å². The Labute approximate surface area is 113 Å². The fraction of sp³-hybridized carbons (Fsp3) is 0.188. The summed E-state index contributed by atoms with van der Waals surface area (Å²) in [5.41, 5.74) is 4.89. The van der Waals surface area contributed by atoms with Crippen LogP contribution in [0.3, 0.4) is 0 Å². The van der Waals surface area contributed by atoms with Crippen LogP contribution in [0.25, 0.3) is 0 Å². The van der Waals surface area contributed by atoms with Crippen LogP contribution < -0.4 is 0 Å². The Morgan fingerprint density at radius 3 is 1.89 bits per heavy atom. The average Bonchev–Trinajstić information content (AvgIpc) is 2.28. The Morgan fingerprint density at radius 2 is 1.39 bits per heavy atom. The Balaban J connectivity index is 0.00000162. The fourth-order valence-corrected chi connectivity index (χ4v) is 2.27. The lowest BCUT2D eigenvalue weighted by molar-refractivity contribution is 0.103. The predicted molar refractivity (Wildman–Crippen MR) is 76.3 cm³/mol. The van der Waals surface area contributed by atoms with E-state index in [1.807, 2.05) is 44.2 Å². The van der Waals surface area contributed by atoms with Gasteiger partial charge in [-0.15, -0.1) is 0 Å². The number of carbonyl (C=O) groups excluding carboxylic acids is 1. The van der Waals surface area contributed by atoms with Gasteiger partial charge < -0.3 is 0 Å². The smallest absolute Gasteiger partial charge is 0.193 e. The van der Waals surface area contributed by atoms with Crippen LogP contribution >= 0.6 is 0 Å². The lowest BCUT2D eigenvalue weighted by atomic mass is 9.93. The molecule has 0 spiro atoms. The maximum Gasteiger partial charge on any atom is 0.193 e. The molecule has 90 valence electrons. The van der Waals surface area contributed by atoms with Gasteiger partial charge in [0.05, 0.1) is 0 Å². The highest BCUT2D eigenvalue weighted by Gasteiger charge is 2.14. The second-order valence-corrected chi connectivity index (χ2v) is 4.47. The van der Waals surface area contributed by atoms with Crippen molar-refractivity contribution >= 4 is 16.7 Å². The molecule has 0 unspecified atom stereocenters. The van der Waals surface area contributed by atoms with E-state index in [9.17, 15) is 4.79 Å². The maximum atomic E-state index is 12.4. The van der Waals surface area contributed by atoms with Gasteiger partial charge in [-0.25, -0.2) is 0 Å². The summed E-state index contributed by atoms with van der Waals surface area (Å²) in [5, 5.41) is 0. The Kier molecular flexibility index (Phi) is 4.62. The molecule has 2 aromatic rings. The highest BCUT2D eigenvalue weighted by Crippen LogP contribution is 2.20. The maximum absolute atomic E-state index is 12.4. The van der Waals surface area contributed by atoms with Gasteiger partial charge in [-0.05, 0) is 31.9 Å². The highest BCUT2D eigenvalue weighted by atomic mass is 28.1. The third-order valence-corrected chi connectivity index (χ3v) is 2.94. The summed E-state index contributed by atoms with van der Waals surface area (Å²) in [7, 11) is 0. The molecule has 0 heterocycles. The third kappa shape index (κ3) is 2.77. The fourth-order valence-electron chi connectivity index (χ4n) is 2.27. The van der Waals surface area contributed by atoms with Crippen LogP contribution in [0.4, 0.5) is 0 Å². The standard InChI is InChI=1S/C16H16O.Si/c1-11-9-12(2)15(13(3)10-11)16(17)14-7-5-4-6-8-14;/h4-10H,1-3H3;. The molecule has 0 fully saturated rings. The van der Waals surface area contributed by atoms with Crippen molar-refractivity contribution in [3.05, 3.63) is 70.3 Å². The molecule has 0 aromatic heterocycles. The van der Waals surface area contributed by atoms with E-state index in [0.29, 0.717) is 0 Å². The molecule has 2 heteroatoms. The number of ketones is 1. The quantitative estimate of drug-likeness (QED) is 0.591. The SMILES string of the molecule is Cc1cc(C)c(C(=O)c2ccccc2)c(C)c1.[Si]. The van der Waals surface area contributed by atoms with Crippen LogP contribution in [-0.2, 0) is 0 Å². The van der Waals surface area contributed by atoms with Crippen molar-refractivity contribution in [2.45, 2.75) is 20.8 Å². The molecule has 0 N–H and O–H groups in total. The summed E-state index contributed by atoms with van der Waals surface area (Å²) in [4.78, 5) is 12.4. The second kappa shape index (κ2) is 5.78. The molecule has 0 aliphatic heterocycles. The molecule has 1 nitrogen and oxygen atoms in total. The van der Waals surface area contributed by atoms with Crippen molar-refractivity contribution in [2.24, 2.45) is 0 Å². The van der Waals surface area contributed by atoms with Gasteiger partial charge in [-0.3, -0.25) is 4.79 Å². The lowest BCUT2D eigenvalue weighted by Crippen LogP contribution is -2.06. The summed E-state index contributed by atoms with van der Waals surface area (Å²) in [6.45, 7) is 6.04. The van der Waals surface area contributed by atoms with E-state index in [1.54, 1.807) is 0 Å². The Hall–Kier alpha value is -1.67. The summed E-state index contributed by atoms with van der Waals surface area (Å²) in [6, 6.07) is 13.6. The van der Waals surface area contributed by atoms with Crippen LogP contribution in [0.5, 0.6) is 0 Å². The van der Waals surface area contributed by atoms with E-state index in [0.717, 1.165) is 22.3 Å². The van der Waals surface area contributed by atoms with Crippen LogP contribution in [0.15, 0.2) is 42.5 Å². The van der Waals surface area contributed by atoms with Gasteiger partial charge in [0.1, 0.15) is 0 Å². The lowest BCUT2D eigenvalue weighted by Gasteiger charge is -2.10. The number of hydrogen-bond donors (Lipinski definition) is 0. The number of hydrogen-bond acceptors (Lipinski definition) is 1. The van der Waals surface area contributed by atoms with Crippen molar-refractivity contribution in [3.63, 3.8) is 0 Å². The molecule has 2 rings (SSSR count). The molecule has 0 saturated heterocycles. The van der Waals surface area contributed by atoms with Gasteiger partial charge in [0.15, 0.2) is 5.78 Å². The van der Waals surface area contributed by atoms with Crippen LogP contribution in [0.1, 0.15) is 32.6 Å². The Bertz CT molecular complexity index is 536.